The first-order valence-electron chi connectivity index (χ1n) is 5.30. The molecule has 0 radical (unpaired) electrons. The molecule has 2 aromatic heterocycles. The third-order valence-electron chi connectivity index (χ3n) is 2.87. The van der Waals surface area contributed by atoms with Crippen molar-refractivity contribution in [3.05, 3.63) is 12.4 Å². The van der Waals surface area contributed by atoms with E-state index in [9.17, 15) is 10.2 Å². The van der Waals surface area contributed by atoms with Crippen molar-refractivity contribution in [1.29, 1.82) is 0 Å². The van der Waals surface area contributed by atoms with Crippen LogP contribution in [0.4, 0.5) is 0 Å². The summed E-state index contributed by atoms with van der Waals surface area (Å²) < 4.78 is 6.23. The van der Waals surface area contributed by atoms with Crippen LogP contribution >= 0.6 is 0 Å². The summed E-state index contributed by atoms with van der Waals surface area (Å²) >= 11 is 0. The zero-order valence-electron chi connectivity index (χ0n) is 9.15. The smallest absolute Gasteiger partial charge is 0.206 e. The van der Waals surface area contributed by atoms with Gasteiger partial charge in [0.05, 0.1) is 19.1 Å². The van der Waals surface area contributed by atoms with E-state index in [2.05, 4.69) is 16.0 Å². The van der Waals surface area contributed by atoms with Crippen LogP contribution < -0.4 is 10.8 Å². The van der Waals surface area contributed by atoms with E-state index in [0.717, 1.165) is 0 Å². The van der Waals surface area contributed by atoms with Gasteiger partial charge in [0.2, 0.25) is 5.88 Å². The van der Waals surface area contributed by atoms with Crippen molar-refractivity contribution in [3.63, 3.8) is 0 Å². The average Bonchev–Trinajstić information content (AvgIpc) is 3.00. The number of hydrogen-bond donors (Lipinski definition) is 5. The van der Waals surface area contributed by atoms with Gasteiger partial charge in [-0.15, -0.1) is 0 Å². The van der Waals surface area contributed by atoms with Gasteiger partial charge in [0.1, 0.15) is 17.7 Å². The number of hydroxylamine groups is 1. The molecule has 0 aromatic carbocycles. The summed E-state index contributed by atoms with van der Waals surface area (Å²) in [5.41, 5.74) is 2.91. The number of rotatable bonds is 3. The minimum Gasteiger partial charge on any atom is -0.494 e. The molecule has 1 aliphatic heterocycles. The number of hydrogen-bond acceptors (Lipinski definition) is 8. The van der Waals surface area contributed by atoms with Crippen LogP contribution in [0.1, 0.15) is 6.23 Å². The lowest BCUT2D eigenvalue weighted by molar-refractivity contribution is -0.0490. The zero-order valence-corrected chi connectivity index (χ0v) is 9.15. The summed E-state index contributed by atoms with van der Waals surface area (Å²) in [5, 5.41) is 35.2. The van der Waals surface area contributed by atoms with Crippen molar-refractivity contribution in [2.45, 2.75) is 18.5 Å². The van der Waals surface area contributed by atoms with Gasteiger partial charge in [-0.25, -0.2) is 0 Å². The zero-order chi connectivity index (χ0) is 12.7. The van der Waals surface area contributed by atoms with Gasteiger partial charge in [0, 0.05) is 0 Å². The number of aromatic nitrogens is 2. The number of aliphatic hydroxyl groups excluding tert-OH is 2. The van der Waals surface area contributed by atoms with E-state index in [1.807, 2.05) is 0 Å². The fourth-order valence-corrected chi connectivity index (χ4v) is 1.96. The van der Waals surface area contributed by atoms with E-state index >= 15 is 0 Å². The summed E-state index contributed by atoms with van der Waals surface area (Å²) in [4.78, 5) is 5.16. The van der Waals surface area contributed by atoms with Crippen molar-refractivity contribution in [3.8, 4) is 5.88 Å². The Kier molecular flexibility index (Phi) is 2.69. The topological polar surface area (TPSA) is 125 Å². The Bertz CT molecular complexity index is 552. The van der Waals surface area contributed by atoms with Gasteiger partial charge < -0.3 is 19.8 Å². The van der Waals surface area contributed by atoms with Gasteiger partial charge in [0.25, 0.3) is 0 Å². The fraction of sp³-hybridized carbons (Fsp3) is 0.444. The van der Waals surface area contributed by atoms with Crippen LogP contribution in [0.15, 0.2) is 16.9 Å². The Balaban J connectivity index is 1.91. The molecule has 3 unspecified atom stereocenters. The highest BCUT2D eigenvalue weighted by molar-refractivity contribution is 5.82. The Morgan fingerprint density at radius 3 is 3.11 bits per heavy atom. The normalized spacial score (nSPS) is 28.2. The van der Waals surface area contributed by atoms with Crippen LogP contribution in [-0.2, 0) is 4.84 Å². The molecule has 1 fully saturated rings. The van der Waals surface area contributed by atoms with Crippen LogP contribution in [0.3, 0.4) is 0 Å². The number of nitrogens with zero attached hydrogens (tertiary/aromatic N) is 2. The van der Waals surface area contributed by atoms with Crippen LogP contribution in [0, 0.1) is 0 Å². The van der Waals surface area contributed by atoms with E-state index in [0.29, 0.717) is 11.0 Å². The molecule has 9 heteroatoms. The lowest BCUT2D eigenvalue weighted by Crippen LogP contribution is -2.45. The predicted octanol–water partition coefficient (Wildman–Crippen LogP) is -1.41. The van der Waals surface area contributed by atoms with E-state index < -0.39 is 18.5 Å². The molecule has 1 aliphatic rings. The quantitative estimate of drug-likeness (QED) is 0.424. The summed E-state index contributed by atoms with van der Waals surface area (Å²) in [5.74, 6) is -0.109. The maximum atomic E-state index is 9.98. The van der Waals surface area contributed by atoms with E-state index in [-0.39, 0.29) is 12.6 Å². The minimum absolute atomic E-state index is 0.109. The molecule has 0 saturated carbocycles. The molecule has 1 saturated heterocycles. The lowest BCUT2D eigenvalue weighted by Gasteiger charge is -2.17. The molecule has 98 valence electrons. The Morgan fingerprint density at radius 2 is 2.39 bits per heavy atom. The summed E-state index contributed by atoms with van der Waals surface area (Å²) in [7, 11) is 0. The Hall–Kier alpha value is -1.65. The number of aliphatic hydroxyl groups is 2. The molecule has 9 nitrogen and oxygen atoms in total. The molecule has 5 N–H and O–H groups in total. The molecule has 0 spiro atoms. The monoisotopic (exact) mass is 256 g/mol. The number of fused-ring (bicyclic) bond motifs is 1. The fourth-order valence-electron chi connectivity index (χ4n) is 1.96. The van der Waals surface area contributed by atoms with E-state index in [1.54, 1.807) is 0 Å². The first kappa shape index (κ1) is 11.4. The van der Waals surface area contributed by atoms with Gasteiger partial charge in [-0.1, -0.05) is 5.16 Å². The first-order valence-corrected chi connectivity index (χ1v) is 5.30. The second-order valence-electron chi connectivity index (χ2n) is 3.92. The summed E-state index contributed by atoms with van der Waals surface area (Å²) in [6, 6.07) is 0. The second-order valence-corrected chi connectivity index (χ2v) is 3.92. The van der Waals surface area contributed by atoms with Crippen molar-refractivity contribution in [2.75, 3.05) is 6.73 Å². The molecule has 3 rings (SSSR count). The second kappa shape index (κ2) is 4.23. The van der Waals surface area contributed by atoms with Crippen molar-refractivity contribution in [1.82, 2.24) is 20.5 Å². The first-order chi connectivity index (χ1) is 8.72. The maximum Gasteiger partial charge on any atom is 0.206 e. The third kappa shape index (κ3) is 1.57. The number of aromatic hydroxyl groups is 1. The molecule has 0 aliphatic carbocycles. The van der Waals surface area contributed by atoms with Gasteiger partial charge in [-0.2, -0.15) is 5.48 Å². The van der Waals surface area contributed by atoms with Crippen molar-refractivity contribution >= 4 is 11.0 Å². The molecule has 0 amide bonds. The molecule has 3 heterocycles. The lowest BCUT2D eigenvalue weighted by atomic mass is 10.2. The minimum atomic E-state index is -0.993. The van der Waals surface area contributed by atoms with E-state index in [1.165, 1.54) is 17.0 Å². The van der Waals surface area contributed by atoms with Crippen LogP contribution in [0.2, 0.25) is 0 Å². The van der Waals surface area contributed by atoms with Gasteiger partial charge in [0.15, 0.2) is 11.8 Å². The van der Waals surface area contributed by atoms with Crippen LogP contribution in [-0.4, -0.2) is 44.0 Å². The highest BCUT2D eigenvalue weighted by Crippen LogP contribution is 2.33. The molecule has 0 bridgehead atoms. The highest BCUT2D eigenvalue weighted by Gasteiger charge is 2.38. The summed E-state index contributed by atoms with van der Waals surface area (Å²) in [6.45, 7) is -0.311. The predicted molar refractivity (Wildman–Crippen MR) is 56.9 cm³/mol. The molecule has 18 heavy (non-hydrogen) atoms. The average molecular weight is 256 g/mol. The van der Waals surface area contributed by atoms with E-state index in [4.69, 9.17) is 14.5 Å². The van der Waals surface area contributed by atoms with Crippen LogP contribution in [0.25, 0.3) is 11.0 Å². The van der Waals surface area contributed by atoms with Gasteiger partial charge in [-0.3, -0.25) is 14.7 Å². The molecular formula is C9H12N4O5. The summed E-state index contributed by atoms with van der Waals surface area (Å²) in [6.07, 6.45) is 0.393. The van der Waals surface area contributed by atoms with Gasteiger partial charge in [-0.05, 0) is 0 Å². The van der Waals surface area contributed by atoms with Crippen LogP contribution in [0.5, 0.6) is 5.88 Å². The van der Waals surface area contributed by atoms with Crippen molar-refractivity contribution in [2.24, 2.45) is 0 Å². The number of nitrogens with one attached hydrogen (secondary N) is 2. The Labute approximate surface area is 101 Å². The Morgan fingerprint density at radius 1 is 1.56 bits per heavy atom. The molecule has 3 atom stereocenters. The molecule has 2 aromatic rings. The largest absolute Gasteiger partial charge is 0.494 e. The maximum absolute atomic E-state index is 9.98. The van der Waals surface area contributed by atoms with Gasteiger partial charge >= 0.3 is 0 Å². The molecular weight excluding hydrogens is 244 g/mol. The SMILES string of the molecule is OCNC1NOC(n2cc3oncc3c2O)C1O. The highest BCUT2D eigenvalue weighted by atomic mass is 16.7. The van der Waals surface area contributed by atoms with Crippen molar-refractivity contribution < 1.29 is 24.7 Å². The third-order valence-corrected chi connectivity index (χ3v) is 2.87. The standard InChI is InChI=1S/C9H12N4O5/c14-3-10-7-6(15)9(18-12-7)13-2-5-4(8(13)16)1-11-17-5/h1-2,6-7,9-10,12,14-16H,3H2.